The number of carbonyl (C=O) groups excluding carboxylic acids is 3. The topological polar surface area (TPSA) is 93.8 Å². The molecule has 3 N–H and O–H groups in total. The molecular formula is C29H59N5O3. The Labute approximate surface area is 228 Å². The lowest BCUT2D eigenvalue weighted by atomic mass is 9.88. The second kappa shape index (κ2) is 19.4. The zero-order valence-corrected chi connectivity index (χ0v) is 25.4. The van der Waals surface area contributed by atoms with E-state index in [9.17, 15) is 14.4 Å². The molecule has 0 unspecified atom stereocenters. The molecule has 0 spiro atoms. The number of hydrogen-bond donors (Lipinski definition) is 3. The van der Waals surface area contributed by atoms with E-state index in [1.807, 2.05) is 14.0 Å². The molecule has 0 radical (unpaired) electrons. The number of amides is 3. The molecule has 0 saturated carbocycles. The minimum absolute atomic E-state index is 0.0497. The Bertz CT molecular complexity index is 651. The van der Waals surface area contributed by atoms with Gasteiger partial charge in [-0.05, 0) is 37.1 Å². The summed E-state index contributed by atoms with van der Waals surface area (Å²) in [6.45, 7) is 20.6. The van der Waals surface area contributed by atoms with Crippen molar-refractivity contribution in [3.8, 4) is 0 Å². The van der Waals surface area contributed by atoms with E-state index in [1.165, 1.54) is 0 Å². The van der Waals surface area contributed by atoms with Crippen molar-refractivity contribution in [2.24, 2.45) is 10.8 Å². The first-order chi connectivity index (χ1) is 17.3. The molecule has 37 heavy (non-hydrogen) atoms. The second-order valence-electron chi connectivity index (χ2n) is 12.1. The van der Waals surface area contributed by atoms with Crippen LogP contribution < -0.4 is 16.0 Å². The van der Waals surface area contributed by atoms with Crippen LogP contribution >= 0.6 is 0 Å². The lowest BCUT2D eigenvalue weighted by Gasteiger charge is -2.27. The van der Waals surface area contributed by atoms with Crippen LogP contribution in [0.3, 0.4) is 0 Å². The fourth-order valence-corrected chi connectivity index (χ4v) is 4.31. The Morgan fingerprint density at radius 1 is 0.595 bits per heavy atom. The number of carbonyl (C=O) groups is 3. The fraction of sp³-hybridized carbons (Fsp3) is 0.897. The number of nitrogens with one attached hydrogen (secondary N) is 3. The van der Waals surface area contributed by atoms with Crippen molar-refractivity contribution in [1.82, 2.24) is 25.8 Å². The molecule has 0 aliphatic heterocycles. The minimum atomic E-state index is 0.0497. The summed E-state index contributed by atoms with van der Waals surface area (Å²) >= 11 is 0. The summed E-state index contributed by atoms with van der Waals surface area (Å²) in [4.78, 5) is 41.3. The molecule has 0 rings (SSSR count). The highest BCUT2D eigenvalue weighted by molar-refractivity contribution is 5.77. The maximum atomic E-state index is 12.5. The van der Waals surface area contributed by atoms with Gasteiger partial charge in [0.1, 0.15) is 0 Å². The molecule has 0 aromatic carbocycles. The Balaban J connectivity index is 4.63. The zero-order chi connectivity index (χ0) is 28.3. The molecule has 0 aromatic heterocycles. The van der Waals surface area contributed by atoms with Gasteiger partial charge >= 0.3 is 0 Å². The van der Waals surface area contributed by atoms with Crippen LogP contribution in [0.25, 0.3) is 0 Å². The van der Waals surface area contributed by atoms with Crippen molar-refractivity contribution in [2.45, 2.75) is 99.8 Å². The van der Waals surface area contributed by atoms with E-state index in [0.717, 1.165) is 45.2 Å². The SMILES string of the molecule is CCCNC(=O)CCN(CCC(=O)NCC(C)(C)CCC)CCN(C)CCC(=O)NCC(C)(C)CCC. The summed E-state index contributed by atoms with van der Waals surface area (Å²) in [5.74, 6) is 0.192. The molecule has 0 aliphatic carbocycles. The molecule has 0 bridgehead atoms. The van der Waals surface area contributed by atoms with Gasteiger partial charge in [-0.25, -0.2) is 0 Å². The highest BCUT2D eigenvalue weighted by Crippen LogP contribution is 2.21. The van der Waals surface area contributed by atoms with E-state index in [4.69, 9.17) is 0 Å². The third kappa shape index (κ3) is 20.0. The van der Waals surface area contributed by atoms with Gasteiger partial charge in [-0.3, -0.25) is 14.4 Å². The summed E-state index contributed by atoms with van der Waals surface area (Å²) in [6, 6.07) is 0. The predicted molar refractivity (Wildman–Crippen MR) is 154 cm³/mol. The molecule has 0 aliphatic rings. The maximum Gasteiger partial charge on any atom is 0.221 e. The molecule has 218 valence electrons. The van der Waals surface area contributed by atoms with Gasteiger partial charge in [-0.2, -0.15) is 0 Å². The molecule has 0 aromatic rings. The highest BCUT2D eigenvalue weighted by Gasteiger charge is 2.19. The predicted octanol–water partition coefficient (Wildman–Crippen LogP) is 3.80. The van der Waals surface area contributed by atoms with Gasteiger partial charge in [0.25, 0.3) is 0 Å². The van der Waals surface area contributed by atoms with E-state index in [2.05, 4.69) is 67.3 Å². The number of rotatable bonds is 22. The fourth-order valence-electron chi connectivity index (χ4n) is 4.31. The van der Waals surface area contributed by atoms with Gasteiger partial charge in [-0.15, -0.1) is 0 Å². The van der Waals surface area contributed by atoms with Crippen LogP contribution in [0.4, 0.5) is 0 Å². The Kier molecular flexibility index (Phi) is 18.5. The monoisotopic (exact) mass is 525 g/mol. The molecule has 0 saturated heterocycles. The first-order valence-electron chi connectivity index (χ1n) is 14.5. The van der Waals surface area contributed by atoms with Crippen molar-refractivity contribution < 1.29 is 14.4 Å². The van der Waals surface area contributed by atoms with Crippen molar-refractivity contribution >= 4 is 17.7 Å². The molecule has 8 heteroatoms. The number of hydrogen-bond acceptors (Lipinski definition) is 5. The van der Waals surface area contributed by atoms with E-state index < -0.39 is 0 Å². The van der Waals surface area contributed by atoms with E-state index in [0.29, 0.717) is 58.5 Å². The summed E-state index contributed by atoms with van der Waals surface area (Å²) < 4.78 is 0. The Hall–Kier alpha value is -1.67. The normalized spacial score (nSPS) is 12.2. The van der Waals surface area contributed by atoms with Crippen LogP contribution in [-0.2, 0) is 14.4 Å². The highest BCUT2D eigenvalue weighted by atomic mass is 16.2. The quantitative estimate of drug-likeness (QED) is 0.200. The average molecular weight is 526 g/mol. The van der Waals surface area contributed by atoms with Crippen LogP contribution in [0.1, 0.15) is 99.8 Å². The third-order valence-corrected chi connectivity index (χ3v) is 6.78. The average Bonchev–Trinajstić information content (AvgIpc) is 2.83. The Morgan fingerprint density at radius 3 is 1.46 bits per heavy atom. The molecule has 8 nitrogen and oxygen atoms in total. The smallest absolute Gasteiger partial charge is 0.221 e. The molecule has 0 heterocycles. The van der Waals surface area contributed by atoms with Gasteiger partial charge < -0.3 is 25.8 Å². The lowest BCUT2D eigenvalue weighted by Crippen LogP contribution is -2.40. The van der Waals surface area contributed by atoms with E-state index in [1.54, 1.807) is 0 Å². The second-order valence-corrected chi connectivity index (χ2v) is 12.1. The van der Waals surface area contributed by atoms with Crippen molar-refractivity contribution in [1.29, 1.82) is 0 Å². The molecular weight excluding hydrogens is 466 g/mol. The van der Waals surface area contributed by atoms with Gasteiger partial charge in [-0.1, -0.05) is 61.3 Å². The largest absolute Gasteiger partial charge is 0.356 e. The van der Waals surface area contributed by atoms with E-state index in [-0.39, 0.29) is 28.6 Å². The van der Waals surface area contributed by atoms with Crippen molar-refractivity contribution in [3.63, 3.8) is 0 Å². The lowest BCUT2D eigenvalue weighted by molar-refractivity contribution is -0.123. The van der Waals surface area contributed by atoms with Gasteiger partial charge in [0.15, 0.2) is 0 Å². The first kappa shape index (κ1) is 35.3. The van der Waals surface area contributed by atoms with Crippen LogP contribution in [0, 0.1) is 10.8 Å². The van der Waals surface area contributed by atoms with Crippen LogP contribution in [0.15, 0.2) is 0 Å². The third-order valence-electron chi connectivity index (χ3n) is 6.78. The van der Waals surface area contributed by atoms with Gasteiger partial charge in [0, 0.05) is 71.6 Å². The standard InChI is InChI=1S/C29H59N5O3/c1-9-15-28(4,5)23-31-26(36)12-18-33(8)21-22-34(19-13-25(35)30-17-11-3)20-14-27(37)32-24-29(6,7)16-10-2/h9-24H2,1-8H3,(H,30,35)(H,31,36)(H,32,37). The first-order valence-corrected chi connectivity index (χ1v) is 14.5. The van der Waals surface area contributed by atoms with Crippen molar-refractivity contribution in [2.75, 3.05) is 59.4 Å². The number of nitrogens with zero attached hydrogens (tertiary/aromatic N) is 2. The summed E-state index contributed by atoms with van der Waals surface area (Å²) in [7, 11) is 2.02. The summed E-state index contributed by atoms with van der Waals surface area (Å²) in [5.41, 5.74) is 0.223. The molecule has 0 atom stereocenters. The van der Waals surface area contributed by atoms with Crippen molar-refractivity contribution in [3.05, 3.63) is 0 Å². The Morgan fingerprint density at radius 2 is 1.03 bits per heavy atom. The minimum Gasteiger partial charge on any atom is -0.356 e. The summed E-state index contributed by atoms with van der Waals surface area (Å²) in [5, 5.41) is 9.09. The van der Waals surface area contributed by atoms with E-state index >= 15 is 0 Å². The van der Waals surface area contributed by atoms with Gasteiger partial charge in [0.05, 0.1) is 0 Å². The molecule has 3 amide bonds. The number of likely N-dealkylation sites (N-methyl/N-ethyl adjacent to an activating group) is 1. The van der Waals surface area contributed by atoms with Crippen LogP contribution in [0.5, 0.6) is 0 Å². The van der Waals surface area contributed by atoms with Crippen LogP contribution in [0.2, 0.25) is 0 Å². The summed E-state index contributed by atoms with van der Waals surface area (Å²) in [6.07, 6.45) is 6.60. The van der Waals surface area contributed by atoms with Crippen LogP contribution in [-0.4, -0.2) is 86.9 Å². The van der Waals surface area contributed by atoms with Gasteiger partial charge in [0.2, 0.25) is 17.7 Å². The zero-order valence-electron chi connectivity index (χ0n) is 25.4. The maximum absolute atomic E-state index is 12.5. The molecule has 0 fully saturated rings.